The summed E-state index contributed by atoms with van der Waals surface area (Å²) >= 11 is 0. The molecule has 0 bridgehead atoms. The molecule has 1 atom stereocenters. The third kappa shape index (κ3) is 6.54. The van der Waals surface area contributed by atoms with E-state index in [1.54, 1.807) is 7.05 Å². The molecule has 2 aromatic heterocycles. The number of halogens is 1. The Labute approximate surface area is 207 Å². The average molecular weight is 551 g/mol. The van der Waals surface area contributed by atoms with Gasteiger partial charge in [-0.25, -0.2) is 0 Å². The summed E-state index contributed by atoms with van der Waals surface area (Å²) in [5.41, 5.74) is 5.61. The van der Waals surface area contributed by atoms with Gasteiger partial charge in [0.25, 0.3) is 5.89 Å². The van der Waals surface area contributed by atoms with Crippen molar-refractivity contribution in [2.45, 2.75) is 59.5 Å². The highest BCUT2D eigenvalue weighted by atomic mass is 127. The Kier molecular flexibility index (Phi) is 9.67. The molecule has 0 aliphatic carbocycles. The Morgan fingerprint density at radius 3 is 2.72 bits per heavy atom. The lowest BCUT2D eigenvalue weighted by Crippen LogP contribution is -2.42. The molecule has 9 heteroatoms. The molecular weight excluding hydrogens is 517 g/mol. The standard InChI is InChI=1S/C23H33N7O.HI/c1-7-9-21-27-22(31-29-21)19-11-8-10-18(13-19)14-25-23(24-5)26-15(2)12-20-16(3)28-30(6)17(20)4;/h8,10-11,13,15H,7,9,12,14H2,1-6H3,(H2,24,25,26);1H. The van der Waals surface area contributed by atoms with E-state index in [9.17, 15) is 0 Å². The van der Waals surface area contributed by atoms with Gasteiger partial charge in [0.15, 0.2) is 11.8 Å². The van der Waals surface area contributed by atoms with Crippen molar-refractivity contribution < 1.29 is 4.52 Å². The minimum atomic E-state index is 0. The fraction of sp³-hybridized carbons (Fsp3) is 0.478. The predicted octanol–water partition coefficient (Wildman–Crippen LogP) is 3.95. The summed E-state index contributed by atoms with van der Waals surface area (Å²) in [5, 5.41) is 15.4. The lowest BCUT2D eigenvalue weighted by atomic mass is 10.1. The number of benzene rings is 1. The van der Waals surface area contributed by atoms with Crippen LogP contribution in [0, 0.1) is 13.8 Å². The lowest BCUT2D eigenvalue weighted by molar-refractivity contribution is 0.422. The van der Waals surface area contributed by atoms with Gasteiger partial charge in [0, 0.05) is 44.4 Å². The highest BCUT2D eigenvalue weighted by Crippen LogP contribution is 2.19. The van der Waals surface area contributed by atoms with Crippen molar-refractivity contribution in [2.75, 3.05) is 7.05 Å². The lowest BCUT2D eigenvalue weighted by Gasteiger charge is -2.18. The van der Waals surface area contributed by atoms with E-state index < -0.39 is 0 Å². The van der Waals surface area contributed by atoms with Crippen LogP contribution < -0.4 is 10.6 Å². The maximum atomic E-state index is 5.41. The first-order valence-electron chi connectivity index (χ1n) is 10.8. The largest absolute Gasteiger partial charge is 0.354 e. The smallest absolute Gasteiger partial charge is 0.257 e. The van der Waals surface area contributed by atoms with Gasteiger partial charge >= 0.3 is 0 Å². The third-order valence-corrected chi connectivity index (χ3v) is 5.35. The normalized spacial score (nSPS) is 12.4. The Hall–Kier alpha value is -2.43. The molecule has 0 amide bonds. The monoisotopic (exact) mass is 551 g/mol. The average Bonchev–Trinajstić information content (AvgIpc) is 3.32. The van der Waals surface area contributed by atoms with Crippen LogP contribution in [0.4, 0.5) is 0 Å². The molecule has 3 aromatic rings. The first-order valence-corrected chi connectivity index (χ1v) is 10.8. The molecule has 0 saturated heterocycles. The van der Waals surface area contributed by atoms with Gasteiger partial charge in [0.2, 0.25) is 0 Å². The molecule has 0 spiro atoms. The van der Waals surface area contributed by atoms with Crippen LogP contribution in [0.3, 0.4) is 0 Å². The zero-order valence-electron chi connectivity index (χ0n) is 19.8. The first kappa shape index (κ1) is 25.8. The zero-order chi connectivity index (χ0) is 22.4. The van der Waals surface area contributed by atoms with Crippen LogP contribution in [0.5, 0.6) is 0 Å². The van der Waals surface area contributed by atoms with Crippen molar-refractivity contribution in [1.29, 1.82) is 0 Å². The van der Waals surface area contributed by atoms with Crippen molar-refractivity contribution in [3.8, 4) is 11.5 Å². The number of rotatable bonds is 8. The van der Waals surface area contributed by atoms with Gasteiger partial charge < -0.3 is 15.2 Å². The van der Waals surface area contributed by atoms with Crippen molar-refractivity contribution >= 4 is 29.9 Å². The van der Waals surface area contributed by atoms with E-state index in [-0.39, 0.29) is 30.0 Å². The summed E-state index contributed by atoms with van der Waals surface area (Å²) in [6, 6.07) is 8.34. The molecule has 32 heavy (non-hydrogen) atoms. The van der Waals surface area contributed by atoms with Crippen LogP contribution in [0.1, 0.15) is 48.6 Å². The number of hydrogen-bond donors (Lipinski definition) is 2. The quantitative estimate of drug-likeness (QED) is 0.250. The van der Waals surface area contributed by atoms with E-state index in [1.165, 1.54) is 11.3 Å². The topological polar surface area (TPSA) is 93.2 Å². The van der Waals surface area contributed by atoms with E-state index in [0.717, 1.165) is 47.9 Å². The number of aliphatic imine (C=N–C) groups is 1. The Morgan fingerprint density at radius 1 is 1.28 bits per heavy atom. The third-order valence-electron chi connectivity index (χ3n) is 5.35. The molecule has 2 heterocycles. The van der Waals surface area contributed by atoms with Gasteiger partial charge in [0.05, 0.1) is 5.69 Å². The Morgan fingerprint density at radius 2 is 2.06 bits per heavy atom. The van der Waals surface area contributed by atoms with Crippen LogP contribution in [0.25, 0.3) is 11.5 Å². The van der Waals surface area contributed by atoms with Gasteiger partial charge in [-0.15, -0.1) is 24.0 Å². The fourth-order valence-corrected chi connectivity index (χ4v) is 3.59. The van der Waals surface area contributed by atoms with Crippen molar-refractivity contribution in [1.82, 2.24) is 30.6 Å². The van der Waals surface area contributed by atoms with Crippen LogP contribution >= 0.6 is 24.0 Å². The van der Waals surface area contributed by atoms with Crippen molar-refractivity contribution in [3.05, 3.63) is 52.6 Å². The zero-order valence-corrected chi connectivity index (χ0v) is 22.1. The molecule has 0 aliphatic rings. The van der Waals surface area contributed by atoms with Gasteiger partial charge in [-0.3, -0.25) is 9.67 Å². The maximum absolute atomic E-state index is 5.41. The van der Waals surface area contributed by atoms with Gasteiger partial charge in [-0.05, 0) is 56.9 Å². The summed E-state index contributed by atoms with van der Waals surface area (Å²) in [5.74, 6) is 2.07. The highest BCUT2D eigenvalue weighted by molar-refractivity contribution is 14.0. The van der Waals surface area contributed by atoms with E-state index in [2.05, 4.69) is 70.7 Å². The second kappa shape index (κ2) is 12.0. The van der Waals surface area contributed by atoms with E-state index in [0.29, 0.717) is 12.4 Å². The van der Waals surface area contributed by atoms with Crippen LogP contribution in [0.2, 0.25) is 0 Å². The fourth-order valence-electron chi connectivity index (χ4n) is 3.59. The second-order valence-electron chi connectivity index (χ2n) is 7.91. The molecular formula is C23H34IN7O. The molecule has 2 N–H and O–H groups in total. The molecule has 1 unspecified atom stereocenters. The van der Waals surface area contributed by atoms with Crippen molar-refractivity contribution in [3.63, 3.8) is 0 Å². The molecule has 0 fully saturated rings. The molecule has 0 saturated carbocycles. The summed E-state index contributed by atoms with van der Waals surface area (Å²) in [7, 11) is 3.77. The van der Waals surface area contributed by atoms with Crippen LogP contribution in [-0.2, 0) is 26.4 Å². The highest BCUT2D eigenvalue weighted by Gasteiger charge is 2.14. The maximum Gasteiger partial charge on any atom is 0.257 e. The summed E-state index contributed by atoms with van der Waals surface area (Å²) in [6.45, 7) is 9.06. The molecule has 3 rings (SSSR count). The minimum absolute atomic E-state index is 0. The molecule has 1 aromatic carbocycles. The first-order chi connectivity index (χ1) is 14.9. The summed E-state index contributed by atoms with van der Waals surface area (Å²) < 4.78 is 7.35. The summed E-state index contributed by atoms with van der Waals surface area (Å²) in [6.07, 6.45) is 2.70. The van der Waals surface area contributed by atoms with E-state index >= 15 is 0 Å². The van der Waals surface area contributed by atoms with Crippen LogP contribution in [-0.4, -0.2) is 39.0 Å². The number of guanidine groups is 1. The van der Waals surface area contributed by atoms with Gasteiger partial charge in [0.1, 0.15) is 0 Å². The van der Waals surface area contributed by atoms with E-state index in [4.69, 9.17) is 4.52 Å². The predicted molar refractivity (Wildman–Crippen MR) is 138 cm³/mol. The molecule has 0 radical (unpaired) electrons. The van der Waals surface area contributed by atoms with Crippen molar-refractivity contribution in [2.24, 2.45) is 12.0 Å². The summed E-state index contributed by atoms with van der Waals surface area (Å²) in [4.78, 5) is 8.85. The number of nitrogens with one attached hydrogen (secondary N) is 2. The number of aromatic nitrogens is 4. The SMILES string of the molecule is CCCc1noc(-c2cccc(CNC(=NC)NC(C)Cc3c(C)nn(C)c3C)c2)n1.I. The second-order valence-corrected chi connectivity index (χ2v) is 7.91. The Balaban J connectivity index is 0.00000363. The molecule has 174 valence electrons. The Bertz CT molecular complexity index is 1040. The van der Waals surface area contributed by atoms with Gasteiger partial charge in [-0.2, -0.15) is 10.1 Å². The molecule has 8 nitrogen and oxygen atoms in total. The van der Waals surface area contributed by atoms with Gasteiger partial charge in [-0.1, -0.05) is 24.2 Å². The number of nitrogens with zero attached hydrogens (tertiary/aromatic N) is 5. The number of hydrogen-bond acceptors (Lipinski definition) is 5. The van der Waals surface area contributed by atoms with Crippen LogP contribution in [0.15, 0.2) is 33.8 Å². The van der Waals surface area contributed by atoms with E-state index in [1.807, 2.05) is 23.9 Å². The minimum Gasteiger partial charge on any atom is -0.354 e. The number of aryl methyl sites for hydroxylation is 3. The molecule has 0 aliphatic heterocycles.